The minimum Gasteiger partial charge on any atom is -0.272 e. The summed E-state index contributed by atoms with van der Waals surface area (Å²) in [5.41, 5.74) is 4.51. The Morgan fingerprint density at radius 2 is 1.92 bits per heavy atom. The number of halogens is 1. The molecule has 2 aromatic carbocycles. The van der Waals surface area contributed by atoms with E-state index in [0.717, 1.165) is 26.0 Å². The van der Waals surface area contributed by atoms with Crippen LogP contribution in [-0.4, -0.2) is 17.9 Å². The molecule has 1 aromatic heterocycles. The number of amides is 1. The molecule has 0 unspecified atom stereocenters. The van der Waals surface area contributed by atoms with Crippen molar-refractivity contribution in [3.05, 3.63) is 70.7 Å². The van der Waals surface area contributed by atoms with Gasteiger partial charge in [0, 0.05) is 22.0 Å². The van der Waals surface area contributed by atoms with Crippen LogP contribution in [0.15, 0.2) is 75.3 Å². The first-order valence-corrected chi connectivity index (χ1v) is 9.10. The van der Waals surface area contributed by atoms with E-state index in [0.29, 0.717) is 5.75 Å². The van der Waals surface area contributed by atoms with Gasteiger partial charge in [-0.05, 0) is 41.6 Å². The molecule has 3 rings (SSSR count). The van der Waals surface area contributed by atoms with Gasteiger partial charge in [0.25, 0.3) is 5.91 Å². The molecule has 0 radical (unpaired) electrons. The van der Waals surface area contributed by atoms with Crippen LogP contribution in [0.4, 0.5) is 0 Å². The summed E-state index contributed by atoms with van der Waals surface area (Å²) in [6.07, 6.45) is 1.62. The summed E-state index contributed by atoms with van der Waals surface area (Å²) in [5.74, 6) is 0.155. The smallest absolute Gasteiger partial charge is 0.250 e. The Hall–Kier alpha value is -2.18. The molecular formula is C18H15BrN3OS+. The predicted molar refractivity (Wildman–Crippen MR) is 101 cm³/mol. The molecule has 0 spiro atoms. The molecule has 0 aliphatic carbocycles. The summed E-state index contributed by atoms with van der Waals surface area (Å²) < 4.78 is 1.01. The first kappa shape index (κ1) is 16.7. The van der Waals surface area contributed by atoms with Gasteiger partial charge in [-0.15, -0.1) is 0 Å². The van der Waals surface area contributed by atoms with Crippen molar-refractivity contribution < 1.29 is 9.78 Å². The maximum Gasteiger partial charge on any atom is 0.250 e. The normalized spacial score (nSPS) is 11.0. The van der Waals surface area contributed by atoms with Gasteiger partial charge < -0.3 is 0 Å². The lowest BCUT2D eigenvalue weighted by molar-refractivity contribution is -0.395. The van der Waals surface area contributed by atoms with Crippen LogP contribution in [0.5, 0.6) is 0 Å². The van der Waals surface area contributed by atoms with Gasteiger partial charge in [-0.1, -0.05) is 40.2 Å². The molecule has 3 aromatic rings. The second-order valence-corrected chi connectivity index (χ2v) is 6.98. The molecule has 6 heteroatoms. The monoisotopic (exact) mass is 400 g/mol. The Morgan fingerprint density at radius 3 is 2.75 bits per heavy atom. The largest absolute Gasteiger partial charge is 0.272 e. The van der Waals surface area contributed by atoms with Crippen molar-refractivity contribution >= 4 is 50.7 Å². The first-order chi connectivity index (χ1) is 11.7. The van der Waals surface area contributed by atoms with Gasteiger partial charge in [-0.3, -0.25) is 4.79 Å². The summed E-state index contributed by atoms with van der Waals surface area (Å²) in [7, 11) is 0. The molecule has 2 N–H and O–H groups in total. The van der Waals surface area contributed by atoms with Crippen LogP contribution in [0, 0.1) is 0 Å². The highest BCUT2D eigenvalue weighted by atomic mass is 79.9. The number of benzene rings is 2. The van der Waals surface area contributed by atoms with Crippen LogP contribution in [0.2, 0.25) is 0 Å². The maximum atomic E-state index is 11.9. The molecule has 0 aliphatic heterocycles. The Bertz CT molecular complexity index is 881. The zero-order valence-corrected chi connectivity index (χ0v) is 15.1. The molecule has 0 saturated carbocycles. The molecule has 1 heterocycles. The van der Waals surface area contributed by atoms with E-state index in [1.807, 2.05) is 60.7 Å². The number of para-hydroxylation sites is 1. The molecule has 0 fully saturated rings. The van der Waals surface area contributed by atoms with Gasteiger partial charge in [0.15, 0.2) is 0 Å². The standard InChI is InChI=1S/C18H14BrN3OS/c19-15-8-5-13(6-9-15)11-20-22-17(23)12-24-18-10-7-14-3-1-2-4-16(14)21-18/h1-11H,12H2,(H,22,23)/p+1. The van der Waals surface area contributed by atoms with Crippen molar-refractivity contribution in [2.75, 3.05) is 5.75 Å². The second-order valence-electron chi connectivity index (χ2n) is 5.04. The predicted octanol–water partition coefficient (Wildman–Crippen LogP) is 3.66. The van der Waals surface area contributed by atoms with Crippen LogP contribution >= 0.6 is 27.7 Å². The van der Waals surface area contributed by atoms with Crippen LogP contribution in [0.25, 0.3) is 10.9 Å². The SMILES string of the molecule is O=C(CSc1ccc2ccccc2[nH+]1)NN=Cc1ccc(Br)cc1. The van der Waals surface area contributed by atoms with E-state index in [-0.39, 0.29) is 5.91 Å². The van der Waals surface area contributed by atoms with Crippen molar-refractivity contribution in [3.8, 4) is 0 Å². The third-order valence-corrected chi connectivity index (χ3v) is 4.75. The summed E-state index contributed by atoms with van der Waals surface area (Å²) >= 11 is 4.82. The minimum absolute atomic E-state index is 0.144. The highest BCUT2D eigenvalue weighted by Gasteiger charge is 2.08. The third kappa shape index (κ3) is 4.66. The number of carbonyl (C=O) groups excluding carboxylic acids is 1. The van der Waals surface area contributed by atoms with Crippen LogP contribution in [0.1, 0.15) is 5.56 Å². The zero-order chi connectivity index (χ0) is 16.8. The number of hydrazone groups is 1. The van der Waals surface area contributed by atoms with Crippen LogP contribution in [-0.2, 0) is 4.79 Å². The number of nitrogens with zero attached hydrogens (tertiary/aromatic N) is 1. The summed E-state index contributed by atoms with van der Waals surface area (Å²) in [6, 6.07) is 19.7. The molecule has 0 atom stereocenters. The Balaban J connectivity index is 1.52. The lowest BCUT2D eigenvalue weighted by Gasteiger charge is -1.98. The number of aromatic amines is 1. The van der Waals surface area contributed by atoms with E-state index >= 15 is 0 Å². The van der Waals surface area contributed by atoms with E-state index < -0.39 is 0 Å². The van der Waals surface area contributed by atoms with E-state index in [1.54, 1.807) is 6.21 Å². The average Bonchev–Trinajstić information content (AvgIpc) is 2.61. The van der Waals surface area contributed by atoms with E-state index in [2.05, 4.69) is 31.4 Å². The Labute approximate surface area is 152 Å². The number of fused-ring (bicyclic) bond motifs is 1. The molecule has 4 nitrogen and oxygen atoms in total. The van der Waals surface area contributed by atoms with E-state index in [9.17, 15) is 4.79 Å². The lowest BCUT2D eigenvalue weighted by atomic mass is 10.2. The van der Waals surface area contributed by atoms with Gasteiger partial charge in [0.05, 0.1) is 12.0 Å². The first-order valence-electron chi connectivity index (χ1n) is 7.32. The van der Waals surface area contributed by atoms with Gasteiger partial charge in [0.1, 0.15) is 0 Å². The van der Waals surface area contributed by atoms with Gasteiger partial charge in [-0.2, -0.15) is 10.1 Å². The van der Waals surface area contributed by atoms with Gasteiger partial charge >= 0.3 is 0 Å². The number of hydrogen-bond donors (Lipinski definition) is 1. The molecule has 1 amide bonds. The van der Waals surface area contributed by atoms with Crippen LogP contribution in [0.3, 0.4) is 0 Å². The number of pyridine rings is 1. The number of nitrogens with one attached hydrogen (secondary N) is 2. The highest BCUT2D eigenvalue weighted by Crippen LogP contribution is 2.15. The number of H-pyrrole nitrogens is 1. The molecule has 0 bridgehead atoms. The molecule has 120 valence electrons. The van der Waals surface area contributed by atoms with Crippen molar-refractivity contribution in [2.45, 2.75) is 5.03 Å². The number of hydrogen-bond acceptors (Lipinski definition) is 3. The molecule has 24 heavy (non-hydrogen) atoms. The van der Waals surface area contributed by atoms with E-state index in [1.165, 1.54) is 11.8 Å². The fraction of sp³-hybridized carbons (Fsp3) is 0.0556. The quantitative estimate of drug-likeness (QED) is 0.403. The summed E-state index contributed by atoms with van der Waals surface area (Å²) in [5, 5.41) is 6.06. The lowest BCUT2D eigenvalue weighted by Crippen LogP contribution is -2.20. The number of carbonyl (C=O) groups is 1. The van der Waals surface area contributed by atoms with Gasteiger partial charge in [0.2, 0.25) is 10.5 Å². The number of aromatic nitrogens is 1. The molecule has 0 saturated heterocycles. The molecule has 0 aliphatic rings. The summed E-state index contributed by atoms with van der Waals surface area (Å²) in [6.45, 7) is 0. The van der Waals surface area contributed by atoms with Crippen molar-refractivity contribution in [3.63, 3.8) is 0 Å². The minimum atomic E-state index is -0.144. The fourth-order valence-corrected chi connectivity index (χ4v) is 3.05. The fourth-order valence-electron chi connectivity index (χ4n) is 2.08. The Kier molecular flexibility index (Phi) is 5.61. The van der Waals surface area contributed by atoms with E-state index in [4.69, 9.17) is 0 Å². The summed E-state index contributed by atoms with van der Waals surface area (Å²) in [4.78, 5) is 15.2. The third-order valence-electron chi connectivity index (χ3n) is 3.26. The Morgan fingerprint density at radius 1 is 1.12 bits per heavy atom. The maximum absolute atomic E-state index is 11.9. The number of thioether (sulfide) groups is 1. The van der Waals surface area contributed by atoms with Crippen molar-refractivity contribution in [1.82, 2.24) is 5.43 Å². The van der Waals surface area contributed by atoms with Gasteiger partial charge in [-0.25, -0.2) is 5.43 Å². The topological polar surface area (TPSA) is 55.6 Å². The second kappa shape index (κ2) is 8.08. The van der Waals surface area contributed by atoms with Crippen molar-refractivity contribution in [1.29, 1.82) is 0 Å². The highest BCUT2D eigenvalue weighted by molar-refractivity contribution is 9.10. The molecular weight excluding hydrogens is 386 g/mol. The number of rotatable bonds is 5. The zero-order valence-electron chi connectivity index (χ0n) is 12.7. The van der Waals surface area contributed by atoms with Crippen LogP contribution < -0.4 is 10.4 Å². The average molecular weight is 401 g/mol. The van der Waals surface area contributed by atoms with Crippen molar-refractivity contribution in [2.24, 2.45) is 5.10 Å².